The van der Waals surface area contributed by atoms with Crippen LogP contribution in [-0.4, -0.2) is 5.25 Å². The lowest BCUT2D eigenvalue weighted by Crippen LogP contribution is -2.10. The van der Waals surface area contributed by atoms with Crippen molar-refractivity contribution in [3.8, 4) is 0 Å². The predicted octanol–water partition coefficient (Wildman–Crippen LogP) is 5.12. The molecule has 2 atom stereocenters. The van der Waals surface area contributed by atoms with Crippen LogP contribution in [0.2, 0.25) is 0 Å². The Morgan fingerprint density at radius 2 is 2.06 bits per heavy atom. The van der Waals surface area contributed by atoms with Crippen LogP contribution < -0.4 is 0 Å². The molecule has 0 fully saturated rings. The standard InChI is InChI=1S/C16H15BrS/c1-11-14-7-2-3-8-15(14)18-16(11)10-12-5-4-6-13(17)9-12/h2-9,14-15H,10H2,1H3. The van der Waals surface area contributed by atoms with Crippen molar-refractivity contribution in [2.24, 2.45) is 5.92 Å². The topological polar surface area (TPSA) is 0 Å². The van der Waals surface area contributed by atoms with Gasteiger partial charge in [0.25, 0.3) is 0 Å². The minimum absolute atomic E-state index is 0.613. The van der Waals surface area contributed by atoms with Crippen LogP contribution in [0, 0.1) is 5.92 Å². The zero-order valence-corrected chi connectivity index (χ0v) is 12.7. The van der Waals surface area contributed by atoms with Crippen molar-refractivity contribution in [3.63, 3.8) is 0 Å². The van der Waals surface area contributed by atoms with E-state index in [9.17, 15) is 0 Å². The predicted molar refractivity (Wildman–Crippen MR) is 83.7 cm³/mol. The molecule has 1 aliphatic heterocycles. The van der Waals surface area contributed by atoms with Crippen molar-refractivity contribution in [3.05, 3.63) is 69.1 Å². The van der Waals surface area contributed by atoms with Crippen LogP contribution in [0.5, 0.6) is 0 Å². The average molecular weight is 319 g/mol. The zero-order chi connectivity index (χ0) is 12.5. The molecule has 2 heteroatoms. The fraction of sp³-hybridized carbons (Fsp3) is 0.250. The summed E-state index contributed by atoms with van der Waals surface area (Å²) >= 11 is 5.57. The normalized spacial score (nSPS) is 25.7. The fourth-order valence-corrected chi connectivity index (χ4v) is 4.50. The van der Waals surface area contributed by atoms with E-state index in [0.29, 0.717) is 11.2 Å². The average Bonchev–Trinajstić information content (AvgIpc) is 2.67. The summed E-state index contributed by atoms with van der Waals surface area (Å²) in [7, 11) is 0. The molecule has 0 bridgehead atoms. The number of allylic oxidation sites excluding steroid dienone is 5. The molecule has 2 unspecified atom stereocenters. The molecule has 0 N–H and O–H groups in total. The Labute approximate surface area is 121 Å². The lowest BCUT2D eigenvalue weighted by atomic mass is 9.92. The van der Waals surface area contributed by atoms with E-state index in [1.54, 1.807) is 10.5 Å². The van der Waals surface area contributed by atoms with E-state index >= 15 is 0 Å². The Morgan fingerprint density at radius 3 is 2.83 bits per heavy atom. The van der Waals surface area contributed by atoms with Crippen LogP contribution >= 0.6 is 27.7 Å². The molecular weight excluding hydrogens is 304 g/mol. The molecular formula is C16H15BrS. The Hall–Kier alpha value is -0.730. The first-order valence-electron chi connectivity index (χ1n) is 6.20. The lowest BCUT2D eigenvalue weighted by Gasteiger charge is -2.15. The quantitative estimate of drug-likeness (QED) is 0.729. The van der Waals surface area contributed by atoms with Gasteiger partial charge in [-0.05, 0) is 29.5 Å². The number of rotatable bonds is 2. The van der Waals surface area contributed by atoms with Crippen LogP contribution in [0.25, 0.3) is 0 Å². The Morgan fingerprint density at radius 1 is 1.22 bits per heavy atom. The van der Waals surface area contributed by atoms with E-state index in [-0.39, 0.29) is 0 Å². The number of hydrogen-bond donors (Lipinski definition) is 0. The van der Waals surface area contributed by atoms with Gasteiger partial charge in [0.2, 0.25) is 0 Å². The van der Waals surface area contributed by atoms with Crippen LogP contribution in [0.15, 0.2) is 63.5 Å². The maximum Gasteiger partial charge on any atom is 0.0374 e. The molecule has 0 saturated heterocycles. The molecule has 3 rings (SSSR count). The largest absolute Gasteiger partial charge is 0.122 e. The summed E-state index contributed by atoms with van der Waals surface area (Å²) in [4.78, 5) is 1.54. The highest BCUT2D eigenvalue weighted by molar-refractivity contribution is 9.10. The molecule has 1 aromatic rings. The van der Waals surface area contributed by atoms with Gasteiger partial charge in [-0.25, -0.2) is 0 Å². The van der Waals surface area contributed by atoms with Crippen molar-refractivity contribution >= 4 is 27.7 Å². The van der Waals surface area contributed by atoms with Gasteiger partial charge in [0.1, 0.15) is 0 Å². The molecule has 92 valence electrons. The van der Waals surface area contributed by atoms with Crippen molar-refractivity contribution in [2.75, 3.05) is 0 Å². The highest BCUT2D eigenvalue weighted by atomic mass is 79.9. The third-order valence-corrected chi connectivity index (χ3v) is 5.52. The second-order valence-electron chi connectivity index (χ2n) is 4.79. The molecule has 18 heavy (non-hydrogen) atoms. The molecule has 0 spiro atoms. The summed E-state index contributed by atoms with van der Waals surface area (Å²) in [6.45, 7) is 2.29. The first kappa shape index (κ1) is 12.3. The van der Waals surface area contributed by atoms with E-state index in [1.165, 1.54) is 10.0 Å². The Bertz CT molecular complexity index is 554. The van der Waals surface area contributed by atoms with Crippen molar-refractivity contribution in [1.82, 2.24) is 0 Å². The van der Waals surface area contributed by atoms with Crippen molar-refractivity contribution in [1.29, 1.82) is 0 Å². The summed E-state index contributed by atoms with van der Waals surface area (Å²) in [6.07, 6.45) is 10.1. The van der Waals surface area contributed by atoms with Gasteiger partial charge in [-0.1, -0.05) is 57.9 Å². The number of thioether (sulfide) groups is 1. The Balaban J connectivity index is 1.83. The zero-order valence-electron chi connectivity index (χ0n) is 10.3. The van der Waals surface area contributed by atoms with Gasteiger partial charge >= 0.3 is 0 Å². The maximum atomic E-state index is 3.54. The third kappa shape index (κ3) is 2.36. The first-order valence-corrected chi connectivity index (χ1v) is 7.87. The van der Waals surface area contributed by atoms with Gasteiger partial charge in [0, 0.05) is 22.1 Å². The van der Waals surface area contributed by atoms with Crippen molar-refractivity contribution < 1.29 is 0 Å². The number of hydrogen-bond acceptors (Lipinski definition) is 1. The van der Waals surface area contributed by atoms with Gasteiger partial charge in [0.05, 0.1) is 0 Å². The second-order valence-corrected chi connectivity index (χ2v) is 6.98. The summed E-state index contributed by atoms with van der Waals surface area (Å²) < 4.78 is 1.17. The second kappa shape index (κ2) is 5.10. The van der Waals surface area contributed by atoms with E-state index < -0.39 is 0 Å². The lowest BCUT2D eigenvalue weighted by molar-refractivity contribution is 0.795. The first-order chi connectivity index (χ1) is 8.74. The molecule has 0 radical (unpaired) electrons. The third-order valence-electron chi connectivity index (χ3n) is 3.56. The summed E-state index contributed by atoms with van der Waals surface area (Å²) in [6, 6.07) is 8.62. The molecule has 2 aliphatic rings. The minimum Gasteiger partial charge on any atom is -0.122 e. The van der Waals surface area contributed by atoms with Crippen LogP contribution in [-0.2, 0) is 6.42 Å². The number of benzene rings is 1. The molecule has 1 aromatic carbocycles. The van der Waals surface area contributed by atoms with E-state index in [4.69, 9.17) is 0 Å². The maximum absolute atomic E-state index is 3.54. The number of halogens is 1. The highest BCUT2D eigenvalue weighted by Crippen LogP contribution is 2.45. The molecule has 0 nitrogen and oxygen atoms in total. The minimum atomic E-state index is 0.613. The van der Waals surface area contributed by atoms with E-state index in [1.807, 2.05) is 11.8 Å². The molecule has 1 aliphatic carbocycles. The van der Waals surface area contributed by atoms with Gasteiger partial charge in [-0.2, -0.15) is 0 Å². The van der Waals surface area contributed by atoms with Gasteiger partial charge < -0.3 is 0 Å². The summed E-state index contributed by atoms with van der Waals surface area (Å²) in [5.41, 5.74) is 2.93. The molecule has 1 heterocycles. The molecule has 0 aromatic heterocycles. The molecule has 0 saturated carbocycles. The Kier molecular flexibility index (Phi) is 3.49. The summed E-state index contributed by atoms with van der Waals surface area (Å²) in [5, 5.41) is 0.622. The smallest absolute Gasteiger partial charge is 0.0374 e. The van der Waals surface area contributed by atoms with E-state index in [2.05, 4.69) is 71.4 Å². The SMILES string of the molecule is CC1=C(Cc2cccc(Br)c2)SC2C=CC=CC12. The number of fused-ring (bicyclic) bond motifs is 1. The van der Waals surface area contributed by atoms with Crippen LogP contribution in [0.3, 0.4) is 0 Å². The summed E-state index contributed by atoms with van der Waals surface area (Å²) in [5.74, 6) is 0.613. The van der Waals surface area contributed by atoms with Gasteiger partial charge in [-0.15, -0.1) is 11.8 Å². The van der Waals surface area contributed by atoms with Gasteiger partial charge in [-0.3, -0.25) is 0 Å². The van der Waals surface area contributed by atoms with E-state index in [0.717, 1.165) is 6.42 Å². The van der Waals surface area contributed by atoms with Crippen LogP contribution in [0.4, 0.5) is 0 Å². The monoisotopic (exact) mass is 318 g/mol. The van der Waals surface area contributed by atoms with Gasteiger partial charge in [0.15, 0.2) is 0 Å². The van der Waals surface area contributed by atoms with Crippen LogP contribution in [0.1, 0.15) is 12.5 Å². The molecule has 0 amide bonds. The van der Waals surface area contributed by atoms with Crippen molar-refractivity contribution in [2.45, 2.75) is 18.6 Å². The fourth-order valence-electron chi connectivity index (χ4n) is 2.55. The highest BCUT2D eigenvalue weighted by Gasteiger charge is 2.30.